The molecule has 3 aliphatic rings. The standard InChI is InChI=1S/C20H28N2O/c1-23-20-5-3-2-4-18(20)14-21-8-10-22(11-9-21)15-19-13-16-6-7-17(19)12-16/h2-7,16-17,19H,8-15H2,1H3/t16-,17-,19+/m0/s1. The maximum Gasteiger partial charge on any atom is 0.123 e. The third kappa shape index (κ3) is 3.31. The molecule has 2 aliphatic carbocycles. The zero-order chi connectivity index (χ0) is 15.6. The van der Waals surface area contributed by atoms with E-state index in [1.807, 2.05) is 6.07 Å². The van der Waals surface area contributed by atoms with Crippen molar-refractivity contribution < 1.29 is 4.74 Å². The molecule has 0 N–H and O–H groups in total. The van der Waals surface area contributed by atoms with E-state index in [2.05, 4.69) is 40.2 Å². The smallest absolute Gasteiger partial charge is 0.123 e. The van der Waals surface area contributed by atoms with Gasteiger partial charge in [0.2, 0.25) is 0 Å². The maximum absolute atomic E-state index is 5.48. The van der Waals surface area contributed by atoms with Crippen LogP contribution in [0.5, 0.6) is 5.75 Å². The zero-order valence-corrected chi connectivity index (χ0v) is 14.2. The van der Waals surface area contributed by atoms with E-state index >= 15 is 0 Å². The highest BCUT2D eigenvalue weighted by Crippen LogP contribution is 2.43. The third-order valence-electron chi connectivity index (χ3n) is 5.96. The van der Waals surface area contributed by atoms with Crippen molar-refractivity contribution in [1.82, 2.24) is 9.80 Å². The van der Waals surface area contributed by atoms with E-state index in [0.717, 1.165) is 30.0 Å². The molecular weight excluding hydrogens is 284 g/mol. The van der Waals surface area contributed by atoms with Crippen LogP contribution in [0.25, 0.3) is 0 Å². The molecule has 1 aromatic rings. The number of hydrogen-bond acceptors (Lipinski definition) is 3. The van der Waals surface area contributed by atoms with Crippen molar-refractivity contribution in [2.75, 3.05) is 39.8 Å². The van der Waals surface area contributed by atoms with E-state index in [1.54, 1.807) is 7.11 Å². The number of ether oxygens (including phenoxy) is 1. The quantitative estimate of drug-likeness (QED) is 0.777. The monoisotopic (exact) mass is 312 g/mol. The minimum atomic E-state index is 0.881. The van der Waals surface area contributed by atoms with E-state index in [0.29, 0.717) is 0 Å². The summed E-state index contributed by atoms with van der Waals surface area (Å²) < 4.78 is 5.48. The zero-order valence-electron chi connectivity index (χ0n) is 14.2. The number of piperazine rings is 1. The number of benzene rings is 1. The number of para-hydroxylation sites is 1. The maximum atomic E-state index is 5.48. The summed E-state index contributed by atoms with van der Waals surface area (Å²) >= 11 is 0. The number of hydrogen-bond donors (Lipinski definition) is 0. The van der Waals surface area contributed by atoms with E-state index in [9.17, 15) is 0 Å². The predicted octanol–water partition coefficient (Wildman–Crippen LogP) is 3.03. The molecule has 3 atom stereocenters. The molecule has 0 spiro atoms. The SMILES string of the molecule is COc1ccccc1CN1CCN(C[C@H]2C[C@H]3C=C[C@H]2C3)CC1. The van der Waals surface area contributed by atoms with Crippen LogP contribution < -0.4 is 4.74 Å². The lowest BCUT2D eigenvalue weighted by molar-refractivity contribution is 0.108. The van der Waals surface area contributed by atoms with Crippen LogP contribution in [0.3, 0.4) is 0 Å². The number of fused-ring (bicyclic) bond motifs is 2. The Bertz CT molecular complexity index is 563. The summed E-state index contributed by atoms with van der Waals surface area (Å²) in [5.74, 6) is 3.72. The number of allylic oxidation sites excluding steroid dienone is 2. The summed E-state index contributed by atoms with van der Waals surface area (Å²) in [4.78, 5) is 5.26. The largest absolute Gasteiger partial charge is 0.496 e. The summed E-state index contributed by atoms with van der Waals surface area (Å²) in [6.07, 6.45) is 7.80. The molecule has 3 nitrogen and oxygen atoms in total. The first kappa shape index (κ1) is 15.2. The van der Waals surface area contributed by atoms with Crippen molar-refractivity contribution in [2.45, 2.75) is 19.4 Å². The van der Waals surface area contributed by atoms with Crippen molar-refractivity contribution in [2.24, 2.45) is 17.8 Å². The average Bonchev–Trinajstić information content (AvgIpc) is 3.20. The molecular formula is C20H28N2O. The summed E-state index contributed by atoms with van der Waals surface area (Å²) in [5.41, 5.74) is 1.31. The number of nitrogens with zero attached hydrogens (tertiary/aromatic N) is 2. The summed E-state index contributed by atoms with van der Waals surface area (Å²) in [6.45, 7) is 7.10. The van der Waals surface area contributed by atoms with Crippen LogP contribution in [-0.4, -0.2) is 49.6 Å². The van der Waals surface area contributed by atoms with Crippen LogP contribution in [0, 0.1) is 17.8 Å². The van der Waals surface area contributed by atoms with Crippen molar-refractivity contribution in [3.63, 3.8) is 0 Å². The molecule has 0 amide bonds. The van der Waals surface area contributed by atoms with Crippen LogP contribution in [0.1, 0.15) is 18.4 Å². The van der Waals surface area contributed by atoms with Crippen molar-refractivity contribution in [3.8, 4) is 5.75 Å². The van der Waals surface area contributed by atoms with Gasteiger partial charge in [-0.25, -0.2) is 0 Å². The van der Waals surface area contributed by atoms with Gasteiger partial charge in [0.1, 0.15) is 5.75 Å². The van der Waals surface area contributed by atoms with Gasteiger partial charge in [0.15, 0.2) is 0 Å². The molecule has 0 radical (unpaired) electrons. The van der Waals surface area contributed by atoms with E-state index in [1.165, 1.54) is 51.1 Å². The molecule has 1 saturated heterocycles. The van der Waals surface area contributed by atoms with Crippen molar-refractivity contribution in [1.29, 1.82) is 0 Å². The normalized spacial score (nSPS) is 30.9. The minimum Gasteiger partial charge on any atom is -0.496 e. The molecule has 0 aromatic heterocycles. The average molecular weight is 312 g/mol. The first-order valence-electron chi connectivity index (χ1n) is 9.07. The van der Waals surface area contributed by atoms with Crippen LogP contribution in [0.15, 0.2) is 36.4 Å². The fraction of sp³-hybridized carbons (Fsp3) is 0.600. The highest BCUT2D eigenvalue weighted by Gasteiger charge is 2.36. The molecule has 1 aliphatic heterocycles. The lowest BCUT2D eigenvalue weighted by Gasteiger charge is -2.37. The fourth-order valence-corrected chi connectivity index (χ4v) is 4.64. The van der Waals surface area contributed by atoms with Gasteiger partial charge < -0.3 is 9.64 Å². The second-order valence-electron chi connectivity index (χ2n) is 7.43. The van der Waals surface area contributed by atoms with Crippen molar-refractivity contribution in [3.05, 3.63) is 42.0 Å². The Balaban J connectivity index is 1.27. The highest BCUT2D eigenvalue weighted by molar-refractivity contribution is 5.33. The Kier molecular flexibility index (Phi) is 4.41. The van der Waals surface area contributed by atoms with Gasteiger partial charge in [-0.05, 0) is 36.7 Å². The van der Waals surface area contributed by atoms with Gasteiger partial charge in [0, 0.05) is 44.8 Å². The molecule has 0 unspecified atom stereocenters. The summed E-state index contributed by atoms with van der Waals surface area (Å²) in [6, 6.07) is 8.40. The van der Waals surface area contributed by atoms with Gasteiger partial charge in [-0.2, -0.15) is 0 Å². The molecule has 2 fully saturated rings. The van der Waals surface area contributed by atoms with E-state index < -0.39 is 0 Å². The Hall–Kier alpha value is -1.32. The predicted molar refractivity (Wildman–Crippen MR) is 93.6 cm³/mol. The molecule has 2 bridgehead atoms. The molecule has 1 aromatic carbocycles. The van der Waals surface area contributed by atoms with Gasteiger partial charge >= 0.3 is 0 Å². The molecule has 1 saturated carbocycles. The first-order valence-corrected chi connectivity index (χ1v) is 9.07. The first-order chi connectivity index (χ1) is 11.3. The Morgan fingerprint density at radius 1 is 1.00 bits per heavy atom. The summed E-state index contributed by atoms with van der Waals surface area (Å²) in [5, 5.41) is 0. The molecule has 1 heterocycles. The second kappa shape index (κ2) is 6.66. The molecule has 124 valence electrons. The van der Waals surface area contributed by atoms with Gasteiger partial charge in [0.25, 0.3) is 0 Å². The third-order valence-corrected chi connectivity index (χ3v) is 5.96. The van der Waals surface area contributed by atoms with Crippen LogP contribution >= 0.6 is 0 Å². The van der Waals surface area contributed by atoms with Crippen molar-refractivity contribution >= 4 is 0 Å². The Labute approximate surface area is 139 Å². The Morgan fingerprint density at radius 3 is 2.48 bits per heavy atom. The summed E-state index contributed by atoms with van der Waals surface area (Å²) in [7, 11) is 1.76. The number of methoxy groups -OCH3 is 1. The van der Waals surface area contributed by atoms with Gasteiger partial charge in [-0.15, -0.1) is 0 Å². The van der Waals surface area contributed by atoms with Gasteiger partial charge in [-0.3, -0.25) is 4.90 Å². The molecule has 4 rings (SSSR count). The van der Waals surface area contributed by atoms with E-state index in [4.69, 9.17) is 4.74 Å². The number of rotatable bonds is 5. The molecule has 23 heavy (non-hydrogen) atoms. The van der Waals surface area contributed by atoms with Crippen LogP contribution in [0.4, 0.5) is 0 Å². The van der Waals surface area contributed by atoms with Crippen LogP contribution in [0.2, 0.25) is 0 Å². The van der Waals surface area contributed by atoms with Gasteiger partial charge in [0.05, 0.1) is 7.11 Å². The second-order valence-corrected chi connectivity index (χ2v) is 7.43. The van der Waals surface area contributed by atoms with E-state index in [-0.39, 0.29) is 0 Å². The Morgan fingerprint density at radius 2 is 1.78 bits per heavy atom. The van der Waals surface area contributed by atoms with Crippen LogP contribution in [-0.2, 0) is 6.54 Å². The topological polar surface area (TPSA) is 15.7 Å². The van der Waals surface area contributed by atoms with Gasteiger partial charge in [-0.1, -0.05) is 30.4 Å². The minimum absolute atomic E-state index is 0.881. The highest BCUT2D eigenvalue weighted by atomic mass is 16.5. The molecule has 3 heteroatoms. The fourth-order valence-electron chi connectivity index (χ4n) is 4.64. The lowest BCUT2D eigenvalue weighted by atomic mass is 9.93. The lowest BCUT2D eigenvalue weighted by Crippen LogP contribution is -2.47.